The Bertz CT molecular complexity index is 1030. The van der Waals surface area contributed by atoms with E-state index < -0.39 is 5.97 Å². The molecule has 0 radical (unpaired) electrons. The Morgan fingerprint density at radius 3 is 3.00 bits per heavy atom. The normalized spacial score (nSPS) is 18.0. The maximum atomic E-state index is 12.3. The van der Waals surface area contributed by atoms with E-state index in [9.17, 15) is 9.59 Å². The molecule has 0 unspecified atom stereocenters. The number of aliphatic carboxylic acids is 1. The minimum atomic E-state index is -0.899. The van der Waals surface area contributed by atoms with Gasteiger partial charge in [0, 0.05) is 37.5 Å². The van der Waals surface area contributed by atoms with Crippen molar-refractivity contribution in [2.24, 2.45) is 0 Å². The van der Waals surface area contributed by atoms with Crippen molar-refractivity contribution in [1.82, 2.24) is 24.1 Å². The largest absolute Gasteiger partial charge is 0.480 e. The van der Waals surface area contributed by atoms with E-state index in [0.717, 1.165) is 37.3 Å². The summed E-state index contributed by atoms with van der Waals surface area (Å²) < 4.78 is 3.00. The number of carbonyl (C=O) groups is 1. The molecule has 27 heavy (non-hydrogen) atoms. The molecule has 1 atom stereocenters. The summed E-state index contributed by atoms with van der Waals surface area (Å²) in [5.41, 5.74) is 2.27. The lowest BCUT2D eigenvalue weighted by molar-refractivity contribution is -0.137. The fraction of sp³-hybridized carbons (Fsp3) is 0.368. The zero-order valence-corrected chi connectivity index (χ0v) is 14.9. The number of hydrogen-bond acceptors (Lipinski definition) is 5. The SMILES string of the molecule is O=C(O)Cn1ccc([C@H]2CCCN(Cc3cc(=O)n4ccccc4n3)C2)n1. The standard InChI is InChI=1S/C19H21N5O3/c25-18-10-15(20-17-5-1-2-8-24(17)18)12-22-7-3-4-14(11-22)16-6-9-23(21-16)13-19(26)27/h1-2,5-6,8-10,14H,3-4,7,11-13H2,(H,26,27)/t14-/m0/s1. The summed E-state index contributed by atoms with van der Waals surface area (Å²) in [6.07, 6.45) is 5.49. The number of fused-ring (bicyclic) bond motifs is 1. The summed E-state index contributed by atoms with van der Waals surface area (Å²) in [6, 6.07) is 9.01. The molecule has 0 spiro atoms. The lowest BCUT2D eigenvalue weighted by Gasteiger charge is -2.31. The fourth-order valence-electron chi connectivity index (χ4n) is 3.68. The average Bonchev–Trinajstić information content (AvgIpc) is 3.10. The molecule has 0 amide bonds. The number of nitrogens with zero attached hydrogens (tertiary/aromatic N) is 5. The zero-order valence-electron chi connectivity index (χ0n) is 14.9. The molecule has 0 aromatic carbocycles. The van der Waals surface area contributed by atoms with Gasteiger partial charge in [-0.05, 0) is 37.6 Å². The molecule has 1 saturated heterocycles. The van der Waals surface area contributed by atoms with E-state index in [0.29, 0.717) is 12.2 Å². The van der Waals surface area contributed by atoms with Crippen molar-refractivity contribution < 1.29 is 9.90 Å². The number of likely N-dealkylation sites (tertiary alicyclic amines) is 1. The second-order valence-electron chi connectivity index (χ2n) is 6.92. The van der Waals surface area contributed by atoms with E-state index in [1.807, 2.05) is 24.3 Å². The van der Waals surface area contributed by atoms with Crippen LogP contribution in [0.3, 0.4) is 0 Å². The molecule has 1 N–H and O–H groups in total. The average molecular weight is 367 g/mol. The second-order valence-corrected chi connectivity index (χ2v) is 6.92. The smallest absolute Gasteiger partial charge is 0.325 e. The molecular formula is C19H21N5O3. The molecule has 4 heterocycles. The van der Waals surface area contributed by atoms with Crippen LogP contribution in [-0.4, -0.2) is 48.2 Å². The maximum Gasteiger partial charge on any atom is 0.325 e. The molecule has 140 valence electrons. The predicted octanol–water partition coefficient (Wildman–Crippen LogP) is 1.36. The van der Waals surface area contributed by atoms with Gasteiger partial charge in [0.15, 0.2) is 0 Å². The number of carboxylic acids is 1. The van der Waals surface area contributed by atoms with Gasteiger partial charge in [-0.15, -0.1) is 0 Å². The van der Waals surface area contributed by atoms with Gasteiger partial charge in [-0.1, -0.05) is 6.07 Å². The van der Waals surface area contributed by atoms with Gasteiger partial charge in [0.05, 0.1) is 11.4 Å². The van der Waals surface area contributed by atoms with Gasteiger partial charge in [-0.3, -0.25) is 23.6 Å². The summed E-state index contributed by atoms with van der Waals surface area (Å²) >= 11 is 0. The van der Waals surface area contributed by atoms with Crippen LogP contribution in [0.5, 0.6) is 0 Å². The van der Waals surface area contributed by atoms with Crippen molar-refractivity contribution in [2.75, 3.05) is 13.1 Å². The Kier molecular flexibility index (Phi) is 4.72. The topological polar surface area (TPSA) is 92.7 Å². The van der Waals surface area contributed by atoms with E-state index in [4.69, 9.17) is 5.11 Å². The lowest BCUT2D eigenvalue weighted by atomic mass is 9.95. The highest BCUT2D eigenvalue weighted by atomic mass is 16.4. The molecule has 8 nitrogen and oxygen atoms in total. The van der Waals surface area contributed by atoms with Gasteiger partial charge in [0.2, 0.25) is 0 Å². The molecule has 3 aromatic rings. The van der Waals surface area contributed by atoms with Crippen LogP contribution in [0.4, 0.5) is 0 Å². The van der Waals surface area contributed by atoms with Crippen LogP contribution in [0.25, 0.3) is 5.65 Å². The van der Waals surface area contributed by atoms with Gasteiger partial charge in [-0.2, -0.15) is 5.10 Å². The summed E-state index contributed by atoms with van der Waals surface area (Å²) in [6.45, 7) is 2.26. The van der Waals surface area contributed by atoms with Crippen molar-refractivity contribution in [3.05, 3.63) is 64.5 Å². The Morgan fingerprint density at radius 2 is 2.15 bits per heavy atom. The molecule has 0 aliphatic carbocycles. The summed E-state index contributed by atoms with van der Waals surface area (Å²) in [5.74, 6) is -0.640. The predicted molar refractivity (Wildman–Crippen MR) is 98.6 cm³/mol. The van der Waals surface area contributed by atoms with Gasteiger partial charge < -0.3 is 5.11 Å². The number of aromatic nitrogens is 4. The minimum Gasteiger partial charge on any atom is -0.480 e. The molecule has 0 saturated carbocycles. The van der Waals surface area contributed by atoms with Gasteiger partial charge in [0.25, 0.3) is 5.56 Å². The van der Waals surface area contributed by atoms with E-state index in [1.165, 1.54) is 9.08 Å². The van der Waals surface area contributed by atoms with Crippen molar-refractivity contribution in [3.63, 3.8) is 0 Å². The van der Waals surface area contributed by atoms with Crippen LogP contribution in [0.15, 0.2) is 47.5 Å². The fourth-order valence-corrected chi connectivity index (χ4v) is 3.68. The third kappa shape index (κ3) is 3.90. The second kappa shape index (κ2) is 7.32. The van der Waals surface area contributed by atoms with Gasteiger partial charge in [0.1, 0.15) is 12.2 Å². The molecule has 1 fully saturated rings. The lowest BCUT2D eigenvalue weighted by Crippen LogP contribution is -2.34. The molecule has 1 aliphatic rings. The molecule has 0 bridgehead atoms. The van der Waals surface area contributed by atoms with Crippen LogP contribution in [0, 0.1) is 0 Å². The molecule has 8 heteroatoms. The Balaban J connectivity index is 1.48. The van der Waals surface area contributed by atoms with E-state index in [2.05, 4.69) is 15.0 Å². The number of pyridine rings is 1. The minimum absolute atomic E-state index is 0.0726. The molecule has 3 aromatic heterocycles. The van der Waals surface area contributed by atoms with Crippen molar-refractivity contribution in [3.8, 4) is 0 Å². The first-order valence-electron chi connectivity index (χ1n) is 9.03. The zero-order chi connectivity index (χ0) is 18.8. The van der Waals surface area contributed by atoms with Crippen LogP contribution in [0.2, 0.25) is 0 Å². The first-order chi connectivity index (χ1) is 13.1. The third-order valence-electron chi connectivity index (χ3n) is 4.89. The highest BCUT2D eigenvalue weighted by Crippen LogP contribution is 2.26. The Morgan fingerprint density at radius 1 is 1.26 bits per heavy atom. The summed E-state index contributed by atoms with van der Waals surface area (Å²) in [5, 5.41) is 13.3. The highest BCUT2D eigenvalue weighted by Gasteiger charge is 2.24. The quantitative estimate of drug-likeness (QED) is 0.732. The Hall–Kier alpha value is -3.00. The number of piperidine rings is 1. The van der Waals surface area contributed by atoms with E-state index in [-0.39, 0.29) is 18.0 Å². The first-order valence-corrected chi connectivity index (χ1v) is 9.03. The van der Waals surface area contributed by atoms with Crippen molar-refractivity contribution in [2.45, 2.75) is 31.8 Å². The van der Waals surface area contributed by atoms with Crippen LogP contribution < -0.4 is 5.56 Å². The number of hydrogen-bond donors (Lipinski definition) is 1. The highest BCUT2D eigenvalue weighted by molar-refractivity contribution is 5.66. The van der Waals surface area contributed by atoms with Crippen LogP contribution in [-0.2, 0) is 17.9 Å². The van der Waals surface area contributed by atoms with Gasteiger partial charge in [-0.25, -0.2) is 4.98 Å². The molecular weight excluding hydrogens is 346 g/mol. The van der Waals surface area contributed by atoms with Crippen LogP contribution in [0.1, 0.15) is 30.1 Å². The Labute approximate surface area is 155 Å². The first kappa shape index (κ1) is 17.4. The summed E-state index contributed by atoms with van der Waals surface area (Å²) in [7, 11) is 0. The molecule has 4 rings (SSSR count). The maximum absolute atomic E-state index is 12.3. The summed E-state index contributed by atoms with van der Waals surface area (Å²) in [4.78, 5) is 30.0. The van der Waals surface area contributed by atoms with Crippen molar-refractivity contribution in [1.29, 1.82) is 0 Å². The number of carboxylic acid groups (broad SMARTS) is 1. The monoisotopic (exact) mass is 367 g/mol. The van der Waals surface area contributed by atoms with Crippen LogP contribution >= 0.6 is 0 Å². The van der Waals surface area contributed by atoms with E-state index in [1.54, 1.807) is 18.5 Å². The number of rotatable bonds is 5. The van der Waals surface area contributed by atoms with E-state index >= 15 is 0 Å². The third-order valence-corrected chi connectivity index (χ3v) is 4.89. The molecule has 1 aliphatic heterocycles. The van der Waals surface area contributed by atoms with Gasteiger partial charge >= 0.3 is 5.97 Å². The van der Waals surface area contributed by atoms with Crippen molar-refractivity contribution >= 4 is 11.6 Å².